The normalized spacial score (nSPS) is 17.6. The topological polar surface area (TPSA) is 86.7 Å². The number of rotatable bonds is 2. The molecule has 6 nitrogen and oxygen atoms in total. The molecule has 25 heavy (non-hydrogen) atoms. The van der Waals surface area contributed by atoms with Crippen LogP contribution in [0.15, 0.2) is 41.8 Å². The summed E-state index contributed by atoms with van der Waals surface area (Å²) in [7, 11) is 1.55. The molecule has 0 fully saturated rings. The number of methoxy groups -OCH3 is 1. The van der Waals surface area contributed by atoms with E-state index < -0.39 is 5.92 Å². The van der Waals surface area contributed by atoms with E-state index in [0.717, 1.165) is 11.1 Å². The summed E-state index contributed by atoms with van der Waals surface area (Å²) in [6, 6.07) is 11.0. The van der Waals surface area contributed by atoms with E-state index in [-0.39, 0.29) is 12.7 Å². The number of nitriles is 1. The highest BCUT2D eigenvalue weighted by molar-refractivity contribution is 6.32. The summed E-state index contributed by atoms with van der Waals surface area (Å²) in [5.41, 5.74) is 7.85. The number of hydrogen-bond acceptors (Lipinski definition) is 6. The number of allylic oxidation sites excluding steroid dienone is 1. The molecule has 0 spiro atoms. The van der Waals surface area contributed by atoms with Gasteiger partial charge in [0.15, 0.2) is 11.5 Å². The monoisotopic (exact) mass is 356 g/mol. The Morgan fingerprint density at radius 1 is 1.20 bits per heavy atom. The van der Waals surface area contributed by atoms with Gasteiger partial charge in [0.2, 0.25) is 12.7 Å². The Hall–Kier alpha value is -3.04. The largest absolute Gasteiger partial charge is 0.495 e. The van der Waals surface area contributed by atoms with Gasteiger partial charge in [0.1, 0.15) is 23.1 Å². The van der Waals surface area contributed by atoms with Crippen molar-refractivity contribution in [2.45, 2.75) is 5.92 Å². The van der Waals surface area contributed by atoms with Crippen LogP contribution in [-0.4, -0.2) is 13.9 Å². The number of fused-ring (bicyclic) bond motifs is 2. The first-order chi connectivity index (χ1) is 12.1. The van der Waals surface area contributed by atoms with Crippen molar-refractivity contribution in [1.82, 2.24) is 0 Å². The molecule has 0 saturated carbocycles. The highest BCUT2D eigenvalue weighted by Gasteiger charge is 2.33. The van der Waals surface area contributed by atoms with Crippen molar-refractivity contribution >= 4 is 11.6 Å². The van der Waals surface area contributed by atoms with Crippen molar-refractivity contribution < 1.29 is 18.9 Å². The molecule has 2 aromatic rings. The summed E-state index contributed by atoms with van der Waals surface area (Å²) < 4.78 is 21.7. The minimum atomic E-state index is -0.424. The van der Waals surface area contributed by atoms with E-state index in [1.54, 1.807) is 25.3 Å². The van der Waals surface area contributed by atoms with Crippen LogP contribution in [0.2, 0.25) is 5.02 Å². The maximum atomic E-state index is 9.60. The molecule has 0 amide bonds. The summed E-state index contributed by atoms with van der Waals surface area (Å²) in [6.07, 6.45) is 0. The molecule has 0 unspecified atom stereocenters. The van der Waals surface area contributed by atoms with Gasteiger partial charge in [0, 0.05) is 11.6 Å². The quantitative estimate of drug-likeness (QED) is 0.888. The van der Waals surface area contributed by atoms with Crippen LogP contribution in [0.1, 0.15) is 17.0 Å². The van der Waals surface area contributed by atoms with E-state index in [2.05, 4.69) is 6.07 Å². The Balaban J connectivity index is 1.91. The Kier molecular flexibility index (Phi) is 3.59. The molecule has 2 aliphatic rings. The Morgan fingerprint density at radius 2 is 1.96 bits per heavy atom. The number of nitrogens with zero attached hydrogens (tertiary/aromatic N) is 1. The summed E-state index contributed by atoms with van der Waals surface area (Å²) in [6.45, 7) is 0.144. The number of ether oxygens (including phenoxy) is 4. The van der Waals surface area contributed by atoms with Crippen LogP contribution in [0.4, 0.5) is 0 Å². The molecule has 0 aromatic heterocycles. The highest BCUT2D eigenvalue weighted by atomic mass is 35.5. The molecule has 7 heteroatoms. The first kappa shape index (κ1) is 15.5. The Labute approximate surface area is 148 Å². The van der Waals surface area contributed by atoms with Gasteiger partial charge in [-0.15, -0.1) is 0 Å². The molecule has 2 heterocycles. The molecule has 0 saturated heterocycles. The van der Waals surface area contributed by atoms with E-state index in [4.69, 9.17) is 36.3 Å². The van der Waals surface area contributed by atoms with Crippen LogP contribution in [0, 0.1) is 11.3 Å². The molecule has 2 N–H and O–H groups in total. The smallest absolute Gasteiger partial charge is 0.231 e. The standard InChI is InChI=1S/C18H13ClN2O4/c1-22-13-3-2-9(4-12(13)19)17-10-5-15-16(24-8-23-15)6-14(10)25-18(21)11(17)7-20/h2-6,17H,8,21H2,1H3/t17-/m0/s1. The summed E-state index contributed by atoms with van der Waals surface area (Å²) in [4.78, 5) is 0. The van der Waals surface area contributed by atoms with E-state index in [1.807, 2.05) is 12.1 Å². The molecule has 0 radical (unpaired) electrons. The van der Waals surface area contributed by atoms with Gasteiger partial charge >= 0.3 is 0 Å². The lowest BCUT2D eigenvalue weighted by Gasteiger charge is -2.27. The number of hydrogen-bond donors (Lipinski definition) is 1. The molecule has 4 rings (SSSR count). The third-order valence-electron chi connectivity index (χ3n) is 4.22. The second kappa shape index (κ2) is 5.80. The lowest BCUT2D eigenvalue weighted by molar-refractivity contribution is 0.174. The van der Waals surface area contributed by atoms with Crippen LogP contribution in [0.3, 0.4) is 0 Å². The second-order valence-electron chi connectivity index (χ2n) is 5.56. The number of halogens is 1. The number of benzene rings is 2. The van der Waals surface area contributed by atoms with E-state index in [9.17, 15) is 5.26 Å². The van der Waals surface area contributed by atoms with Crippen molar-refractivity contribution in [2.75, 3.05) is 13.9 Å². The Bertz CT molecular complexity index is 949. The molecule has 2 aromatic carbocycles. The maximum absolute atomic E-state index is 9.60. The Morgan fingerprint density at radius 3 is 2.64 bits per heavy atom. The predicted octanol–water partition coefficient (Wildman–Crippen LogP) is 3.30. The van der Waals surface area contributed by atoms with E-state index in [1.165, 1.54) is 0 Å². The lowest BCUT2D eigenvalue weighted by Crippen LogP contribution is -2.21. The summed E-state index contributed by atoms with van der Waals surface area (Å²) >= 11 is 6.27. The summed E-state index contributed by atoms with van der Waals surface area (Å²) in [5, 5.41) is 10.0. The van der Waals surface area contributed by atoms with Gasteiger partial charge in [-0.25, -0.2) is 0 Å². The molecule has 2 aliphatic heterocycles. The fraction of sp³-hybridized carbons (Fsp3) is 0.167. The van der Waals surface area contributed by atoms with Crippen molar-refractivity contribution in [3.8, 4) is 29.1 Å². The first-order valence-electron chi connectivity index (χ1n) is 7.47. The van der Waals surface area contributed by atoms with Gasteiger partial charge in [-0.1, -0.05) is 17.7 Å². The fourth-order valence-electron chi connectivity index (χ4n) is 3.05. The fourth-order valence-corrected chi connectivity index (χ4v) is 3.32. The van der Waals surface area contributed by atoms with Crippen LogP contribution < -0.4 is 24.7 Å². The van der Waals surface area contributed by atoms with Crippen molar-refractivity contribution in [2.24, 2.45) is 5.73 Å². The van der Waals surface area contributed by atoms with E-state index >= 15 is 0 Å². The van der Waals surface area contributed by atoms with Crippen molar-refractivity contribution in [1.29, 1.82) is 5.26 Å². The second-order valence-corrected chi connectivity index (χ2v) is 5.97. The molecule has 126 valence electrons. The average molecular weight is 357 g/mol. The van der Waals surface area contributed by atoms with Crippen molar-refractivity contribution in [3.05, 3.63) is 57.9 Å². The van der Waals surface area contributed by atoms with Crippen LogP contribution in [0.5, 0.6) is 23.0 Å². The van der Waals surface area contributed by atoms with E-state index in [0.29, 0.717) is 33.6 Å². The minimum absolute atomic E-state index is 0.0609. The van der Waals surface area contributed by atoms with Crippen molar-refractivity contribution in [3.63, 3.8) is 0 Å². The van der Waals surface area contributed by atoms with Crippen LogP contribution in [-0.2, 0) is 0 Å². The van der Waals surface area contributed by atoms with Gasteiger partial charge in [-0.2, -0.15) is 5.26 Å². The van der Waals surface area contributed by atoms with Gasteiger partial charge < -0.3 is 24.7 Å². The molecular weight excluding hydrogens is 344 g/mol. The minimum Gasteiger partial charge on any atom is -0.495 e. The van der Waals surface area contributed by atoms with Gasteiger partial charge in [-0.05, 0) is 23.8 Å². The zero-order chi connectivity index (χ0) is 17.6. The molecule has 0 aliphatic carbocycles. The molecule has 0 bridgehead atoms. The predicted molar refractivity (Wildman–Crippen MR) is 89.9 cm³/mol. The van der Waals surface area contributed by atoms with Crippen LogP contribution >= 0.6 is 11.6 Å². The SMILES string of the molecule is COc1ccc([C@@H]2C(C#N)=C(N)Oc3cc4c(cc32)OCO4)cc1Cl. The van der Waals surface area contributed by atoms with Gasteiger partial charge in [0.05, 0.1) is 18.1 Å². The first-order valence-corrected chi connectivity index (χ1v) is 7.84. The van der Waals surface area contributed by atoms with Gasteiger partial charge in [0.25, 0.3) is 0 Å². The average Bonchev–Trinajstić information content (AvgIpc) is 3.06. The van der Waals surface area contributed by atoms with Gasteiger partial charge in [-0.3, -0.25) is 0 Å². The highest BCUT2D eigenvalue weighted by Crippen LogP contribution is 2.48. The number of nitrogens with two attached hydrogens (primary N) is 1. The molecular formula is C18H13ClN2O4. The van der Waals surface area contributed by atoms with Crippen LogP contribution in [0.25, 0.3) is 0 Å². The zero-order valence-corrected chi connectivity index (χ0v) is 14.0. The third-order valence-corrected chi connectivity index (χ3v) is 4.52. The third kappa shape index (κ3) is 2.41. The molecule has 1 atom stereocenters. The lowest BCUT2D eigenvalue weighted by atomic mass is 9.83. The summed E-state index contributed by atoms with van der Waals surface area (Å²) in [5.74, 6) is 1.90. The maximum Gasteiger partial charge on any atom is 0.231 e. The zero-order valence-electron chi connectivity index (χ0n) is 13.2.